The largest absolute Gasteiger partial charge is 0.496 e. The van der Waals surface area contributed by atoms with Gasteiger partial charge in [0, 0.05) is 17.9 Å². The number of amides is 3. The minimum Gasteiger partial charge on any atom is -0.496 e. The van der Waals surface area contributed by atoms with Crippen LogP contribution in [0.3, 0.4) is 0 Å². The van der Waals surface area contributed by atoms with Crippen molar-refractivity contribution in [3.63, 3.8) is 0 Å². The van der Waals surface area contributed by atoms with E-state index in [1.165, 1.54) is 4.90 Å². The molecular formula is C27H23BrN2O6. The smallest absolute Gasteiger partial charge is 0.261 e. The fraction of sp³-hybridized carbons (Fsp3) is 0.222. The van der Waals surface area contributed by atoms with E-state index in [2.05, 4.69) is 21.2 Å². The highest BCUT2D eigenvalue weighted by Gasteiger charge is 2.37. The van der Waals surface area contributed by atoms with E-state index >= 15 is 0 Å². The molecule has 184 valence electrons. The lowest BCUT2D eigenvalue weighted by atomic mass is 10.1. The molecule has 1 fully saturated rings. The van der Waals surface area contributed by atoms with Gasteiger partial charge >= 0.3 is 0 Å². The molecule has 2 aliphatic rings. The quantitative estimate of drug-likeness (QED) is 0.402. The van der Waals surface area contributed by atoms with E-state index in [-0.39, 0.29) is 30.4 Å². The van der Waals surface area contributed by atoms with Crippen LogP contribution in [0.5, 0.6) is 17.2 Å². The first-order chi connectivity index (χ1) is 17.4. The maximum atomic E-state index is 12.9. The van der Waals surface area contributed by atoms with Crippen LogP contribution in [0, 0.1) is 0 Å². The predicted molar refractivity (Wildman–Crippen MR) is 136 cm³/mol. The van der Waals surface area contributed by atoms with E-state index < -0.39 is 0 Å². The molecular weight excluding hydrogens is 528 g/mol. The van der Waals surface area contributed by atoms with Crippen LogP contribution in [0.4, 0.5) is 5.69 Å². The molecule has 0 radical (unpaired) electrons. The molecule has 3 amide bonds. The van der Waals surface area contributed by atoms with E-state index in [0.717, 1.165) is 12.8 Å². The summed E-state index contributed by atoms with van der Waals surface area (Å²) in [6, 6.07) is 16.8. The van der Waals surface area contributed by atoms with Crippen LogP contribution in [-0.4, -0.2) is 49.0 Å². The molecule has 2 aliphatic heterocycles. The normalized spacial score (nSPS) is 16.7. The zero-order valence-corrected chi connectivity index (χ0v) is 21.0. The summed E-state index contributed by atoms with van der Waals surface area (Å²) in [6.45, 7) is 0.927. The highest BCUT2D eigenvalue weighted by atomic mass is 79.9. The molecule has 0 aromatic heterocycles. The second kappa shape index (κ2) is 10.1. The summed E-state index contributed by atoms with van der Waals surface area (Å²) in [7, 11) is 1.56. The van der Waals surface area contributed by atoms with Gasteiger partial charge < -0.3 is 19.5 Å². The minimum absolute atomic E-state index is 0.104. The number of ether oxygens (including phenoxy) is 3. The van der Waals surface area contributed by atoms with E-state index in [1.54, 1.807) is 67.8 Å². The van der Waals surface area contributed by atoms with Crippen molar-refractivity contribution >= 4 is 39.3 Å². The maximum absolute atomic E-state index is 12.9. The third-order valence-corrected chi connectivity index (χ3v) is 6.73. The number of nitrogens with zero attached hydrogens (tertiary/aromatic N) is 1. The number of fused-ring (bicyclic) bond motifs is 1. The molecule has 36 heavy (non-hydrogen) atoms. The Kier molecular flexibility index (Phi) is 6.75. The fourth-order valence-electron chi connectivity index (χ4n) is 4.24. The van der Waals surface area contributed by atoms with Gasteiger partial charge in [-0.15, -0.1) is 0 Å². The number of hydrogen-bond donors (Lipinski definition) is 1. The number of imide groups is 1. The van der Waals surface area contributed by atoms with Gasteiger partial charge in [0.15, 0.2) is 0 Å². The van der Waals surface area contributed by atoms with Crippen molar-refractivity contribution in [2.75, 3.05) is 25.6 Å². The monoisotopic (exact) mass is 550 g/mol. The Morgan fingerprint density at radius 1 is 1.03 bits per heavy atom. The fourth-order valence-corrected chi connectivity index (χ4v) is 4.79. The summed E-state index contributed by atoms with van der Waals surface area (Å²) >= 11 is 3.38. The average Bonchev–Trinajstić information content (AvgIpc) is 3.48. The SMILES string of the molecule is COc1ccc(C(=O)Nc2ccc(Oc3ccc4c(c3)C(=O)N(CC3CCCO3)C4=O)cc2)cc1Br. The van der Waals surface area contributed by atoms with E-state index in [4.69, 9.17) is 14.2 Å². The lowest BCUT2D eigenvalue weighted by Gasteiger charge is -2.17. The number of nitrogens with one attached hydrogen (secondary N) is 1. The van der Waals surface area contributed by atoms with Crippen LogP contribution < -0.4 is 14.8 Å². The minimum atomic E-state index is -0.334. The third-order valence-electron chi connectivity index (χ3n) is 6.11. The number of anilines is 1. The predicted octanol–water partition coefficient (Wildman–Crippen LogP) is 5.28. The van der Waals surface area contributed by atoms with Crippen molar-refractivity contribution in [1.82, 2.24) is 4.90 Å². The Labute approximate surface area is 216 Å². The molecule has 3 aromatic carbocycles. The van der Waals surface area contributed by atoms with Crippen molar-refractivity contribution < 1.29 is 28.6 Å². The van der Waals surface area contributed by atoms with Crippen molar-refractivity contribution in [3.8, 4) is 17.2 Å². The Hall–Kier alpha value is -3.69. The molecule has 9 heteroatoms. The average molecular weight is 551 g/mol. The maximum Gasteiger partial charge on any atom is 0.261 e. The molecule has 1 atom stereocenters. The summed E-state index contributed by atoms with van der Waals surface area (Å²) in [6.07, 6.45) is 1.68. The lowest BCUT2D eigenvalue weighted by molar-refractivity contribution is 0.0475. The first-order valence-corrected chi connectivity index (χ1v) is 12.3. The molecule has 0 saturated carbocycles. The topological polar surface area (TPSA) is 94.2 Å². The van der Waals surface area contributed by atoms with Crippen LogP contribution in [0.15, 0.2) is 65.1 Å². The highest BCUT2D eigenvalue weighted by molar-refractivity contribution is 9.10. The van der Waals surface area contributed by atoms with Gasteiger partial charge in [-0.25, -0.2) is 0 Å². The van der Waals surface area contributed by atoms with Crippen LogP contribution in [0.25, 0.3) is 0 Å². The molecule has 0 spiro atoms. The van der Waals surface area contributed by atoms with Gasteiger partial charge in [-0.3, -0.25) is 19.3 Å². The molecule has 0 bridgehead atoms. The molecule has 1 unspecified atom stereocenters. The Morgan fingerprint density at radius 3 is 2.47 bits per heavy atom. The van der Waals surface area contributed by atoms with Crippen LogP contribution in [0.1, 0.15) is 43.9 Å². The van der Waals surface area contributed by atoms with Gasteiger partial charge in [0.2, 0.25) is 0 Å². The van der Waals surface area contributed by atoms with Gasteiger partial charge in [0.05, 0.1) is 35.4 Å². The van der Waals surface area contributed by atoms with Crippen molar-refractivity contribution in [3.05, 3.63) is 81.8 Å². The van der Waals surface area contributed by atoms with Crippen LogP contribution >= 0.6 is 15.9 Å². The molecule has 3 aromatic rings. The number of methoxy groups -OCH3 is 1. The standard InChI is InChI=1S/C27H23BrN2O6/c1-34-24-11-4-16(13-23(24)28)25(31)29-17-5-7-18(8-6-17)36-19-9-10-21-22(14-19)27(33)30(26(21)32)15-20-3-2-12-35-20/h4-11,13-14,20H,2-3,12,15H2,1H3,(H,29,31). The number of hydrogen-bond acceptors (Lipinski definition) is 6. The second-order valence-electron chi connectivity index (χ2n) is 8.49. The number of carbonyl (C=O) groups excluding carboxylic acids is 3. The summed E-state index contributed by atoms with van der Waals surface area (Å²) < 4.78 is 17.4. The van der Waals surface area contributed by atoms with Crippen LogP contribution in [-0.2, 0) is 4.74 Å². The second-order valence-corrected chi connectivity index (χ2v) is 9.35. The van der Waals surface area contributed by atoms with E-state index in [9.17, 15) is 14.4 Å². The molecule has 1 N–H and O–H groups in total. The molecule has 5 rings (SSSR count). The van der Waals surface area contributed by atoms with Crippen molar-refractivity contribution in [2.24, 2.45) is 0 Å². The molecule has 2 heterocycles. The number of benzene rings is 3. The summed E-state index contributed by atoms with van der Waals surface area (Å²) in [5.41, 5.74) is 1.77. The zero-order valence-electron chi connectivity index (χ0n) is 19.5. The first kappa shape index (κ1) is 24.0. The number of halogens is 1. The van der Waals surface area contributed by atoms with Gasteiger partial charge in [0.1, 0.15) is 17.2 Å². The first-order valence-electron chi connectivity index (χ1n) is 11.5. The molecule has 8 nitrogen and oxygen atoms in total. The van der Waals surface area contributed by atoms with Crippen LogP contribution in [0.2, 0.25) is 0 Å². The van der Waals surface area contributed by atoms with E-state index in [1.807, 2.05) is 0 Å². The Morgan fingerprint density at radius 2 is 1.78 bits per heavy atom. The molecule has 0 aliphatic carbocycles. The van der Waals surface area contributed by atoms with Gasteiger partial charge in [-0.1, -0.05) is 0 Å². The number of rotatable bonds is 7. The Balaban J connectivity index is 1.24. The zero-order chi connectivity index (χ0) is 25.2. The van der Waals surface area contributed by atoms with Crippen molar-refractivity contribution in [2.45, 2.75) is 18.9 Å². The van der Waals surface area contributed by atoms with Gasteiger partial charge in [-0.05, 0) is 89.4 Å². The Bertz CT molecular complexity index is 1330. The summed E-state index contributed by atoms with van der Waals surface area (Å²) in [5.74, 6) is 0.699. The summed E-state index contributed by atoms with van der Waals surface area (Å²) in [4.78, 5) is 39.4. The summed E-state index contributed by atoms with van der Waals surface area (Å²) in [5, 5.41) is 2.84. The van der Waals surface area contributed by atoms with Gasteiger partial charge in [0.25, 0.3) is 17.7 Å². The molecule has 1 saturated heterocycles. The van der Waals surface area contributed by atoms with Gasteiger partial charge in [-0.2, -0.15) is 0 Å². The number of carbonyl (C=O) groups is 3. The lowest BCUT2D eigenvalue weighted by Crippen LogP contribution is -2.36. The van der Waals surface area contributed by atoms with E-state index in [0.29, 0.717) is 50.7 Å². The third kappa shape index (κ3) is 4.84. The van der Waals surface area contributed by atoms with Crippen molar-refractivity contribution in [1.29, 1.82) is 0 Å². The highest BCUT2D eigenvalue weighted by Crippen LogP contribution is 2.31.